The van der Waals surface area contributed by atoms with Crippen molar-refractivity contribution in [1.82, 2.24) is 20.1 Å². The lowest BCUT2D eigenvalue weighted by atomic mass is 9.95. The summed E-state index contributed by atoms with van der Waals surface area (Å²) in [6.07, 6.45) is 8.11. The summed E-state index contributed by atoms with van der Waals surface area (Å²) < 4.78 is 1.76. The van der Waals surface area contributed by atoms with Gasteiger partial charge in [-0.25, -0.2) is 0 Å². The van der Waals surface area contributed by atoms with E-state index in [1.165, 1.54) is 0 Å². The van der Waals surface area contributed by atoms with Gasteiger partial charge in [-0.05, 0) is 23.6 Å². The largest absolute Gasteiger partial charge is 0.351 e. The number of nitrogens with zero attached hydrogens (tertiary/aromatic N) is 3. The van der Waals surface area contributed by atoms with Crippen molar-refractivity contribution in [3.8, 4) is 11.1 Å². The Balaban J connectivity index is 1.68. The number of aryl methyl sites for hydroxylation is 1. The zero-order valence-electron chi connectivity index (χ0n) is 14.5. The van der Waals surface area contributed by atoms with Crippen LogP contribution in [0.25, 0.3) is 11.1 Å². The van der Waals surface area contributed by atoms with Gasteiger partial charge in [-0.3, -0.25) is 14.5 Å². The molecule has 25 heavy (non-hydrogen) atoms. The zero-order valence-corrected chi connectivity index (χ0v) is 14.5. The molecule has 0 aliphatic carbocycles. The Morgan fingerprint density at radius 2 is 1.96 bits per heavy atom. The Morgan fingerprint density at radius 3 is 2.64 bits per heavy atom. The Kier molecular flexibility index (Phi) is 5.23. The van der Waals surface area contributed by atoms with Crippen LogP contribution in [0.4, 0.5) is 0 Å². The average Bonchev–Trinajstić information content (AvgIpc) is 3.08. The summed E-state index contributed by atoms with van der Waals surface area (Å²) in [4.78, 5) is 16.8. The molecule has 3 rings (SSSR count). The van der Waals surface area contributed by atoms with E-state index >= 15 is 0 Å². The highest BCUT2D eigenvalue weighted by molar-refractivity contribution is 5.83. The molecule has 0 saturated carbocycles. The number of aromatic nitrogens is 3. The summed E-state index contributed by atoms with van der Waals surface area (Å²) in [5.74, 6) is -0.0869. The van der Waals surface area contributed by atoms with Crippen LogP contribution in [0, 0.1) is 0 Å². The molecule has 3 aromatic rings. The predicted molar refractivity (Wildman–Crippen MR) is 97.8 cm³/mol. The highest BCUT2D eigenvalue weighted by atomic mass is 16.1. The second-order valence-corrected chi connectivity index (χ2v) is 6.07. The fourth-order valence-corrected chi connectivity index (χ4v) is 2.88. The number of carbonyl (C=O) groups excluding carboxylic acids is 1. The SMILES string of the molecule is CC[C@@H](C(=O)NCc1cncc(-c2cnn(C)c2)c1)c1ccccc1. The van der Waals surface area contributed by atoms with Gasteiger partial charge < -0.3 is 5.32 Å². The predicted octanol–water partition coefficient (Wildman–Crippen LogP) is 3.29. The van der Waals surface area contributed by atoms with Gasteiger partial charge in [-0.2, -0.15) is 5.10 Å². The first-order valence-corrected chi connectivity index (χ1v) is 8.43. The molecular formula is C20H22N4O. The maximum Gasteiger partial charge on any atom is 0.227 e. The minimum atomic E-state index is -0.129. The van der Waals surface area contributed by atoms with Gasteiger partial charge in [0.25, 0.3) is 0 Å². The molecule has 0 fully saturated rings. The van der Waals surface area contributed by atoms with Crippen molar-refractivity contribution in [2.24, 2.45) is 7.05 Å². The van der Waals surface area contributed by atoms with E-state index in [2.05, 4.69) is 15.4 Å². The number of benzene rings is 1. The molecule has 1 atom stereocenters. The van der Waals surface area contributed by atoms with Crippen LogP contribution < -0.4 is 5.32 Å². The van der Waals surface area contributed by atoms with Crippen LogP contribution >= 0.6 is 0 Å². The molecule has 0 bridgehead atoms. The fourth-order valence-electron chi connectivity index (χ4n) is 2.88. The monoisotopic (exact) mass is 334 g/mol. The van der Waals surface area contributed by atoms with Crippen molar-refractivity contribution in [3.63, 3.8) is 0 Å². The van der Waals surface area contributed by atoms with E-state index in [1.807, 2.05) is 62.8 Å². The van der Waals surface area contributed by atoms with Crippen LogP contribution in [0.1, 0.15) is 30.4 Å². The van der Waals surface area contributed by atoms with Crippen LogP contribution in [0.15, 0.2) is 61.2 Å². The number of nitrogens with one attached hydrogen (secondary N) is 1. The van der Waals surface area contributed by atoms with Crippen molar-refractivity contribution in [2.75, 3.05) is 0 Å². The van der Waals surface area contributed by atoms with Gasteiger partial charge in [0.1, 0.15) is 0 Å². The molecule has 1 amide bonds. The second kappa shape index (κ2) is 7.75. The van der Waals surface area contributed by atoms with E-state index in [0.29, 0.717) is 6.54 Å². The number of rotatable bonds is 6. The summed E-state index contributed by atoms with van der Waals surface area (Å²) in [7, 11) is 1.88. The average molecular weight is 334 g/mol. The lowest BCUT2D eigenvalue weighted by molar-refractivity contribution is -0.122. The van der Waals surface area contributed by atoms with Gasteiger partial charge >= 0.3 is 0 Å². The molecule has 0 aliphatic heterocycles. The van der Waals surface area contributed by atoms with E-state index in [-0.39, 0.29) is 11.8 Å². The van der Waals surface area contributed by atoms with Gasteiger partial charge in [-0.1, -0.05) is 37.3 Å². The van der Waals surface area contributed by atoms with Crippen LogP contribution in [0.3, 0.4) is 0 Å². The van der Waals surface area contributed by atoms with E-state index < -0.39 is 0 Å². The Bertz CT molecular complexity index is 842. The highest BCUT2D eigenvalue weighted by Crippen LogP contribution is 2.20. The van der Waals surface area contributed by atoms with Crippen LogP contribution in [-0.4, -0.2) is 20.7 Å². The van der Waals surface area contributed by atoms with Crippen molar-refractivity contribution in [3.05, 3.63) is 72.3 Å². The Morgan fingerprint density at radius 1 is 1.16 bits per heavy atom. The molecular weight excluding hydrogens is 312 g/mol. The van der Waals surface area contributed by atoms with E-state index in [1.54, 1.807) is 17.1 Å². The van der Waals surface area contributed by atoms with Crippen molar-refractivity contribution in [1.29, 1.82) is 0 Å². The number of carbonyl (C=O) groups is 1. The second-order valence-electron chi connectivity index (χ2n) is 6.07. The maximum atomic E-state index is 12.6. The van der Waals surface area contributed by atoms with Crippen molar-refractivity contribution >= 4 is 5.91 Å². The summed E-state index contributed by atoms with van der Waals surface area (Å²) in [6.45, 7) is 2.49. The molecule has 0 saturated heterocycles. The summed E-state index contributed by atoms with van der Waals surface area (Å²) >= 11 is 0. The first kappa shape index (κ1) is 16.9. The normalized spacial score (nSPS) is 11.9. The first-order valence-electron chi connectivity index (χ1n) is 8.43. The lowest BCUT2D eigenvalue weighted by Crippen LogP contribution is -2.28. The number of amides is 1. The van der Waals surface area contributed by atoms with Crippen molar-refractivity contribution in [2.45, 2.75) is 25.8 Å². The molecule has 0 radical (unpaired) electrons. The quantitative estimate of drug-likeness (QED) is 0.752. The minimum absolute atomic E-state index is 0.0421. The summed E-state index contributed by atoms with van der Waals surface area (Å²) in [5, 5.41) is 7.22. The maximum absolute atomic E-state index is 12.6. The third-order valence-corrected chi connectivity index (χ3v) is 4.23. The van der Waals surface area contributed by atoms with Gasteiger partial charge in [0, 0.05) is 43.3 Å². The third-order valence-electron chi connectivity index (χ3n) is 4.23. The Hall–Kier alpha value is -2.95. The van der Waals surface area contributed by atoms with Crippen LogP contribution in [0.5, 0.6) is 0 Å². The molecule has 128 valence electrons. The molecule has 2 heterocycles. The smallest absolute Gasteiger partial charge is 0.227 e. The number of pyridine rings is 1. The van der Waals surface area contributed by atoms with Gasteiger partial charge in [0.05, 0.1) is 12.1 Å². The molecule has 0 spiro atoms. The van der Waals surface area contributed by atoms with Crippen LogP contribution in [0.2, 0.25) is 0 Å². The van der Waals surface area contributed by atoms with E-state index in [4.69, 9.17) is 0 Å². The molecule has 5 heteroatoms. The molecule has 1 aromatic carbocycles. The highest BCUT2D eigenvalue weighted by Gasteiger charge is 2.18. The Labute approximate surface area is 147 Å². The molecule has 5 nitrogen and oxygen atoms in total. The fraction of sp³-hybridized carbons (Fsp3) is 0.250. The topological polar surface area (TPSA) is 59.8 Å². The summed E-state index contributed by atoms with van der Waals surface area (Å²) in [5.41, 5.74) is 4.02. The minimum Gasteiger partial charge on any atom is -0.351 e. The number of hydrogen-bond acceptors (Lipinski definition) is 3. The molecule has 2 aromatic heterocycles. The zero-order chi connectivity index (χ0) is 17.6. The lowest BCUT2D eigenvalue weighted by Gasteiger charge is -2.15. The molecule has 0 unspecified atom stereocenters. The van der Waals surface area contributed by atoms with Crippen molar-refractivity contribution < 1.29 is 4.79 Å². The van der Waals surface area contributed by atoms with Gasteiger partial charge in [-0.15, -0.1) is 0 Å². The van der Waals surface area contributed by atoms with Gasteiger partial charge in [0.2, 0.25) is 5.91 Å². The summed E-state index contributed by atoms with van der Waals surface area (Å²) in [6, 6.07) is 11.9. The third kappa shape index (κ3) is 4.12. The number of hydrogen-bond donors (Lipinski definition) is 1. The molecule has 1 N–H and O–H groups in total. The van der Waals surface area contributed by atoms with E-state index in [9.17, 15) is 4.79 Å². The standard InChI is InChI=1S/C20H22N4O/c1-3-19(16-7-5-4-6-8-16)20(25)22-11-15-9-17(12-21-10-15)18-13-23-24(2)14-18/h4-10,12-14,19H,3,11H2,1-2H3,(H,22,25)/t19-/m1/s1. The molecule has 0 aliphatic rings. The van der Waals surface area contributed by atoms with Gasteiger partial charge in [0.15, 0.2) is 0 Å². The van der Waals surface area contributed by atoms with Crippen LogP contribution in [-0.2, 0) is 18.4 Å². The first-order chi connectivity index (χ1) is 12.2. The van der Waals surface area contributed by atoms with E-state index in [0.717, 1.165) is 28.7 Å².